The lowest BCUT2D eigenvalue weighted by molar-refractivity contribution is -0.384. The molecule has 0 amide bonds. The number of nitrogens with zero attached hydrogens (tertiary/aromatic N) is 2. The van der Waals surface area contributed by atoms with Crippen LogP contribution in [0, 0.1) is 10.1 Å². The number of non-ortho nitro benzene ring substituents is 1. The van der Waals surface area contributed by atoms with Crippen LogP contribution in [0.25, 0.3) is 10.9 Å². The van der Waals surface area contributed by atoms with Gasteiger partial charge in [-0.3, -0.25) is 10.1 Å². The third kappa shape index (κ3) is 3.24. The van der Waals surface area contributed by atoms with Gasteiger partial charge in [-0.15, -0.1) is 0 Å². The predicted octanol–water partition coefficient (Wildman–Crippen LogP) is 4.23. The van der Waals surface area contributed by atoms with E-state index in [4.69, 9.17) is 4.74 Å². The van der Waals surface area contributed by atoms with Crippen molar-refractivity contribution in [3.8, 4) is 0 Å². The van der Waals surface area contributed by atoms with Crippen molar-refractivity contribution >= 4 is 38.6 Å². The molecule has 0 radical (unpaired) electrons. The summed E-state index contributed by atoms with van der Waals surface area (Å²) in [6.07, 6.45) is -0.499. The highest BCUT2D eigenvalue weighted by Gasteiger charge is 2.22. The van der Waals surface area contributed by atoms with Gasteiger partial charge in [0.2, 0.25) is 0 Å². The first-order valence-electron chi connectivity index (χ1n) is 6.31. The van der Waals surface area contributed by atoms with Crippen LogP contribution in [0.1, 0.15) is 26.5 Å². The summed E-state index contributed by atoms with van der Waals surface area (Å²) >= 11 is 3.32. The largest absolute Gasteiger partial charge is 0.443 e. The summed E-state index contributed by atoms with van der Waals surface area (Å²) in [6.45, 7) is 5.36. The van der Waals surface area contributed by atoms with Crippen molar-refractivity contribution in [2.75, 3.05) is 0 Å². The fourth-order valence-electron chi connectivity index (χ4n) is 1.99. The van der Waals surface area contributed by atoms with Crippen molar-refractivity contribution in [1.82, 2.24) is 4.57 Å². The zero-order chi connectivity index (χ0) is 15.8. The van der Waals surface area contributed by atoms with Crippen LogP contribution in [-0.4, -0.2) is 21.2 Å². The SMILES string of the molecule is CC(C)(C)OC(=O)n1c(CBr)cc2cc([N+](=O)[O-])ccc21. The number of carbonyl (C=O) groups is 1. The molecule has 0 aliphatic heterocycles. The van der Waals surface area contributed by atoms with Gasteiger partial charge in [0.15, 0.2) is 0 Å². The molecule has 1 aromatic carbocycles. The van der Waals surface area contributed by atoms with E-state index in [9.17, 15) is 14.9 Å². The third-order valence-corrected chi connectivity index (χ3v) is 3.36. The maximum Gasteiger partial charge on any atom is 0.419 e. The fraction of sp³-hybridized carbons (Fsp3) is 0.357. The van der Waals surface area contributed by atoms with Crippen LogP contribution < -0.4 is 0 Å². The van der Waals surface area contributed by atoms with Crippen molar-refractivity contribution < 1.29 is 14.5 Å². The van der Waals surface area contributed by atoms with Gasteiger partial charge >= 0.3 is 6.09 Å². The Bertz CT molecular complexity index is 716. The van der Waals surface area contributed by atoms with Crippen LogP contribution in [0.3, 0.4) is 0 Å². The number of halogens is 1. The second-order valence-electron chi connectivity index (χ2n) is 5.59. The van der Waals surface area contributed by atoms with E-state index in [2.05, 4.69) is 15.9 Å². The van der Waals surface area contributed by atoms with Gasteiger partial charge in [-0.1, -0.05) is 15.9 Å². The number of hydrogen-bond donors (Lipinski definition) is 0. The minimum absolute atomic E-state index is 0.00930. The molecule has 0 spiro atoms. The third-order valence-electron chi connectivity index (χ3n) is 2.79. The second-order valence-corrected chi connectivity index (χ2v) is 6.15. The number of rotatable bonds is 2. The van der Waals surface area contributed by atoms with Crippen molar-refractivity contribution in [3.05, 3.63) is 40.1 Å². The highest BCUT2D eigenvalue weighted by atomic mass is 79.9. The maximum atomic E-state index is 12.3. The molecule has 7 heteroatoms. The lowest BCUT2D eigenvalue weighted by Gasteiger charge is -2.20. The number of aromatic nitrogens is 1. The highest BCUT2D eigenvalue weighted by Crippen LogP contribution is 2.26. The molecular formula is C14H15BrN2O4. The molecule has 0 unspecified atom stereocenters. The Balaban J connectivity index is 2.56. The van der Waals surface area contributed by atoms with Gasteiger partial charge in [0.25, 0.3) is 5.69 Å². The summed E-state index contributed by atoms with van der Waals surface area (Å²) in [5.74, 6) is 0. The molecule has 1 heterocycles. The summed E-state index contributed by atoms with van der Waals surface area (Å²) in [4.78, 5) is 22.7. The van der Waals surface area contributed by atoms with E-state index >= 15 is 0 Å². The first-order chi connectivity index (χ1) is 9.73. The molecule has 0 aliphatic carbocycles. The summed E-state index contributed by atoms with van der Waals surface area (Å²) in [6, 6.07) is 6.12. The van der Waals surface area contributed by atoms with Gasteiger partial charge in [0.1, 0.15) is 5.60 Å². The van der Waals surface area contributed by atoms with E-state index in [1.54, 1.807) is 32.9 Å². The zero-order valence-electron chi connectivity index (χ0n) is 11.9. The molecule has 2 aromatic rings. The number of alkyl halides is 1. The molecule has 6 nitrogen and oxygen atoms in total. The number of nitro benzene ring substituents is 1. The first-order valence-corrected chi connectivity index (χ1v) is 7.43. The van der Waals surface area contributed by atoms with Crippen LogP contribution in [0.15, 0.2) is 24.3 Å². The molecule has 112 valence electrons. The Labute approximate surface area is 130 Å². The number of fused-ring (bicyclic) bond motifs is 1. The van der Waals surface area contributed by atoms with Crippen LogP contribution in [0.4, 0.5) is 10.5 Å². The molecule has 21 heavy (non-hydrogen) atoms. The fourth-order valence-corrected chi connectivity index (χ4v) is 2.41. The van der Waals surface area contributed by atoms with Gasteiger partial charge in [-0.25, -0.2) is 9.36 Å². The molecule has 0 fully saturated rings. The molecule has 0 saturated heterocycles. The van der Waals surface area contributed by atoms with Gasteiger partial charge in [-0.05, 0) is 32.9 Å². The van der Waals surface area contributed by atoms with E-state index in [0.717, 1.165) is 0 Å². The van der Waals surface area contributed by atoms with Gasteiger partial charge in [0, 0.05) is 28.5 Å². The predicted molar refractivity (Wildman–Crippen MR) is 82.9 cm³/mol. The highest BCUT2D eigenvalue weighted by molar-refractivity contribution is 9.08. The van der Waals surface area contributed by atoms with Crippen LogP contribution in [0.2, 0.25) is 0 Å². The Hall–Kier alpha value is -1.89. The molecule has 0 bridgehead atoms. The minimum Gasteiger partial charge on any atom is -0.443 e. The van der Waals surface area contributed by atoms with Crippen LogP contribution >= 0.6 is 15.9 Å². The number of nitro groups is 1. The molecule has 2 rings (SSSR count). The number of ether oxygens (including phenoxy) is 1. The summed E-state index contributed by atoms with van der Waals surface area (Å²) < 4.78 is 6.81. The van der Waals surface area contributed by atoms with E-state index in [0.29, 0.717) is 21.9 Å². The Morgan fingerprint density at radius 1 is 1.38 bits per heavy atom. The Morgan fingerprint density at radius 2 is 2.05 bits per heavy atom. The maximum absolute atomic E-state index is 12.3. The van der Waals surface area contributed by atoms with E-state index in [1.807, 2.05) is 0 Å². The zero-order valence-corrected chi connectivity index (χ0v) is 13.5. The van der Waals surface area contributed by atoms with Gasteiger partial charge < -0.3 is 4.74 Å². The van der Waals surface area contributed by atoms with Crippen molar-refractivity contribution in [2.45, 2.75) is 31.7 Å². The average Bonchev–Trinajstić information content (AvgIpc) is 2.73. The van der Waals surface area contributed by atoms with Gasteiger partial charge in [-0.2, -0.15) is 0 Å². The molecule has 0 N–H and O–H groups in total. The van der Waals surface area contributed by atoms with E-state index in [-0.39, 0.29) is 5.69 Å². The van der Waals surface area contributed by atoms with Crippen molar-refractivity contribution in [1.29, 1.82) is 0 Å². The molecule has 0 atom stereocenters. The lowest BCUT2D eigenvalue weighted by Crippen LogP contribution is -2.27. The number of benzene rings is 1. The molecule has 0 aliphatic rings. The normalized spacial score (nSPS) is 11.6. The topological polar surface area (TPSA) is 74.4 Å². The first kappa shape index (κ1) is 15.5. The standard InChI is InChI=1S/C14H15BrN2O4/c1-14(2,3)21-13(18)16-11(8-15)7-9-6-10(17(19)20)4-5-12(9)16/h4-7H,8H2,1-3H3. The molecular weight excluding hydrogens is 340 g/mol. The second kappa shape index (κ2) is 5.48. The summed E-state index contributed by atoms with van der Waals surface area (Å²) in [5, 5.41) is 11.9. The molecule has 0 saturated carbocycles. The van der Waals surface area contributed by atoms with Crippen LogP contribution in [0.5, 0.6) is 0 Å². The minimum atomic E-state index is -0.613. The monoisotopic (exact) mass is 354 g/mol. The Morgan fingerprint density at radius 3 is 2.57 bits per heavy atom. The lowest BCUT2D eigenvalue weighted by atomic mass is 10.2. The summed E-state index contributed by atoms with van der Waals surface area (Å²) in [7, 11) is 0. The smallest absolute Gasteiger partial charge is 0.419 e. The van der Waals surface area contributed by atoms with E-state index in [1.165, 1.54) is 16.7 Å². The van der Waals surface area contributed by atoms with Crippen molar-refractivity contribution in [2.24, 2.45) is 0 Å². The number of hydrogen-bond acceptors (Lipinski definition) is 4. The summed E-state index contributed by atoms with van der Waals surface area (Å²) in [5.41, 5.74) is 0.645. The number of carbonyl (C=O) groups excluding carboxylic acids is 1. The average molecular weight is 355 g/mol. The quantitative estimate of drug-likeness (QED) is 0.459. The van der Waals surface area contributed by atoms with Crippen molar-refractivity contribution in [3.63, 3.8) is 0 Å². The Kier molecular flexibility index (Phi) is 4.04. The van der Waals surface area contributed by atoms with Crippen LogP contribution in [-0.2, 0) is 10.1 Å². The molecule has 1 aromatic heterocycles. The van der Waals surface area contributed by atoms with Gasteiger partial charge in [0.05, 0.1) is 10.4 Å². The van der Waals surface area contributed by atoms with E-state index < -0.39 is 16.6 Å².